The van der Waals surface area contributed by atoms with E-state index in [1.54, 1.807) is 0 Å². The minimum atomic E-state index is -0.323. The Morgan fingerprint density at radius 3 is 2.52 bits per heavy atom. The van der Waals surface area contributed by atoms with Gasteiger partial charge in [0.15, 0.2) is 0 Å². The monoisotopic (exact) mass is 362 g/mol. The molecule has 3 aliphatic heterocycles. The van der Waals surface area contributed by atoms with Crippen molar-refractivity contribution in [3.63, 3.8) is 0 Å². The van der Waals surface area contributed by atoms with Crippen molar-refractivity contribution in [2.45, 2.75) is 44.6 Å². The van der Waals surface area contributed by atoms with Crippen LogP contribution in [0.3, 0.4) is 0 Å². The highest BCUT2D eigenvalue weighted by Crippen LogP contribution is 2.45. The smallest absolute Gasteiger partial charge is 0.255 e. The summed E-state index contributed by atoms with van der Waals surface area (Å²) in [6, 6.07) is 1.55. The summed E-state index contributed by atoms with van der Waals surface area (Å²) in [7, 11) is 0. The van der Waals surface area contributed by atoms with Gasteiger partial charge in [-0.2, -0.15) is 11.3 Å². The molecule has 1 aromatic heterocycles. The Morgan fingerprint density at radius 1 is 1.08 bits per heavy atom. The topological polar surface area (TPSA) is 49.9 Å². The summed E-state index contributed by atoms with van der Waals surface area (Å²) in [5.74, 6) is 0.187. The number of rotatable bonds is 2. The summed E-state index contributed by atoms with van der Waals surface area (Å²) in [6.45, 7) is 3.75. The Morgan fingerprint density at radius 2 is 1.84 bits per heavy atom. The van der Waals surface area contributed by atoms with E-state index in [2.05, 4.69) is 0 Å². The zero-order chi connectivity index (χ0) is 17.3. The van der Waals surface area contributed by atoms with Gasteiger partial charge in [-0.25, -0.2) is 0 Å². The first-order chi connectivity index (χ1) is 12.2. The van der Waals surface area contributed by atoms with Crippen molar-refractivity contribution in [1.82, 2.24) is 9.80 Å². The summed E-state index contributed by atoms with van der Waals surface area (Å²) in [5, 5.41) is 3.82. The van der Waals surface area contributed by atoms with Gasteiger partial charge < -0.3 is 14.5 Å². The van der Waals surface area contributed by atoms with Crippen LogP contribution in [-0.4, -0.2) is 60.5 Å². The van der Waals surface area contributed by atoms with Gasteiger partial charge in [-0.3, -0.25) is 9.59 Å². The molecule has 1 spiro atoms. The maximum Gasteiger partial charge on any atom is 0.255 e. The fraction of sp³-hybridized carbons (Fsp3) is 0.684. The molecule has 136 valence electrons. The average Bonchev–Trinajstić information content (AvgIpc) is 3.34. The molecule has 6 heteroatoms. The van der Waals surface area contributed by atoms with Crippen molar-refractivity contribution >= 4 is 23.2 Å². The average molecular weight is 362 g/mol. The Hall–Kier alpha value is -1.40. The van der Waals surface area contributed by atoms with E-state index in [1.807, 2.05) is 26.6 Å². The molecule has 0 aliphatic carbocycles. The van der Waals surface area contributed by atoms with Crippen molar-refractivity contribution in [3.8, 4) is 0 Å². The molecule has 0 N–H and O–H groups in total. The molecule has 3 saturated heterocycles. The summed E-state index contributed by atoms with van der Waals surface area (Å²) >= 11 is 1.53. The first kappa shape index (κ1) is 17.0. The fourth-order valence-electron chi connectivity index (χ4n) is 4.78. The predicted octanol–water partition coefficient (Wildman–Crippen LogP) is 2.77. The molecule has 4 rings (SSSR count). The van der Waals surface area contributed by atoms with Crippen molar-refractivity contribution in [3.05, 3.63) is 22.4 Å². The molecule has 3 fully saturated rings. The Balaban J connectivity index is 1.68. The number of carbonyl (C=O) groups is 2. The molecule has 1 unspecified atom stereocenters. The second kappa shape index (κ2) is 7.08. The maximum atomic E-state index is 13.5. The molecular weight excluding hydrogens is 336 g/mol. The van der Waals surface area contributed by atoms with Gasteiger partial charge in [-0.15, -0.1) is 0 Å². The molecular formula is C19H26N2O3S. The summed E-state index contributed by atoms with van der Waals surface area (Å²) in [4.78, 5) is 30.5. The number of hydrogen-bond donors (Lipinski definition) is 0. The van der Waals surface area contributed by atoms with Crippen molar-refractivity contribution < 1.29 is 14.3 Å². The van der Waals surface area contributed by atoms with Crippen molar-refractivity contribution in [1.29, 1.82) is 0 Å². The van der Waals surface area contributed by atoms with E-state index in [0.717, 1.165) is 51.6 Å². The lowest BCUT2D eigenvalue weighted by Gasteiger charge is -2.51. The summed E-state index contributed by atoms with van der Waals surface area (Å²) < 4.78 is 5.59. The second-order valence-corrected chi connectivity index (χ2v) is 8.30. The maximum absolute atomic E-state index is 13.5. The number of carbonyl (C=O) groups excluding carboxylic acids is 2. The summed E-state index contributed by atoms with van der Waals surface area (Å²) in [5.41, 5.74) is 0.607. The number of ether oxygens (including phenoxy) is 1. The number of likely N-dealkylation sites (tertiary alicyclic amines) is 2. The predicted molar refractivity (Wildman–Crippen MR) is 96.7 cm³/mol. The lowest BCUT2D eigenvalue weighted by atomic mass is 9.67. The third-order valence-electron chi connectivity index (χ3n) is 6.13. The van der Waals surface area contributed by atoms with Gasteiger partial charge in [0.25, 0.3) is 5.91 Å². The van der Waals surface area contributed by atoms with Gasteiger partial charge in [0.2, 0.25) is 5.91 Å². The van der Waals surface area contributed by atoms with Gasteiger partial charge >= 0.3 is 0 Å². The molecule has 5 nitrogen and oxygen atoms in total. The molecule has 3 aliphatic rings. The van der Waals surface area contributed by atoms with E-state index in [1.165, 1.54) is 11.3 Å². The van der Waals surface area contributed by atoms with Gasteiger partial charge in [0.05, 0.1) is 5.56 Å². The van der Waals surface area contributed by atoms with Crippen LogP contribution in [0, 0.1) is 5.41 Å². The lowest BCUT2D eigenvalue weighted by molar-refractivity contribution is -0.147. The molecule has 0 radical (unpaired) electrons. The van der Waals surface area contributed by atoms with Gasteiger partial charge in [-0.1, -0.05) is 0 Å². The van der Waals surface area contributed by atoms with Crippen LogP contribution in [0.5, 0.6) is 0 Å². The first-order valence-corrected chi connectivity index (χ1v) is 10.4. The zero-order valence-corrected chi connectivity index (χ0v) is 15.4. The highest BCUT2D eigenvalue weighted by Gasteiger charge is 2.51. The molecule has 0 bridgehead atoms. The lowest BCUT2D eigenvalue weighted by Crippen LogP contribution is -2.62. The van der Waals surface area contributed by atoms with Crippen LogP contribution >= 0.6 is 11.3 Å². The van der Waals surface area contributed by atoms with Crippen LogP contribution in [0.1, 0.15) is 48.9 Å². The highest BCUT2D eigenvalue weighted by atomic mass is 32.1. The van der Waals surface area contributed by atoms with Gasteiger partial charge in [0.1, 0.15) is 6.04 Å². The standard InChI is InChI=1S/C19H26N2O3S/c22-17(15-4-13-25-14-15)21-10-3-5-19(6-11-24-12-7-19)16(21)18(23)20-8-1-2-9-20/h4,13-14,16H,1-3,5-12H2. The Labute approximate surface area is 152 Å². The third-order valence-corrected chi connectivity index (χ3v) is 6.82. The SMILES string of the molecule is O=C(C1N(C(=O)c2ccsc2)CCCC12CCOCC2)N1CCCC1. The number of hydrogen-bond acceptors (Lipinski definition) is 4. The second-order valence-electron chi connectivity index (χ2n) is 7.52. The normalized spacial score (nSPS) is 26.2. The van der Waals surface area contributed by atoms with E-state index in [4.69, 9.17) is 4.74 Å². The minimum Gasteiger partial charge on any atom is -0.381 e. The Kier molecular flexibility index (Phi) is 4.82. The van der Waals surface area contributed by atoms with E-state index in [9.17, 15) is 9.59 Å². The van der Waals surface area contributed by atoms with E-state index in [-0.39, 0.29) is 23.3 Å². The van der Waals surface area contributed by atoms with Crippen LogP contribution < -0.4 is 0 Å². The van der Waals surface area contributed by atoms with Crippen LogP contribution in [0.25, 0.3) is 0 Å². The highest BCUT2D eigenvalue weighted by molar-refractivity contribution is 7.08. The fourth-order valence-corrected chi connectivity index (χ4v) is 5.41. The minimum absolute atomic E-state index is 0.0179. The Bertz CT molecular complexity index is 613. The molecule has 2 amide bonds. The van der Waals surface area contributed by atoms with Crippen LogP contribution in [0.15, 0.2) is 16.8 Å². The van der Waals surface area contributed by atoms with E-state index < -0.39 is 0 Å². The largest absolute Gasteiger partial charge is 0.381 e. The zero-order valence-electron chi connectivity index (χ0n) is 14.6. The molecule has 0 aromatic carbocycles. The van der Waals surface area contributed by atoms with Crippen LogP contribution in [0.2, 0.25) is 0 Å². The first-order valence-electron chi connectivity index (χ1n) is 9.41. The molecule has 1 aromatic rings. The van der Waals surface area contributed by atoms with Crippen molar-refractivity contribution in [2.24, 2.45) is 5.41 Å². The number of thiophene rings is 1. The van der Waals surface area contributed by atoms with Gasteiger partial charge in [-0.05, 0) is 50.0 Å². The summed E-state index contributed by atoms with van der Waals surface area (Å²) in [6.07, 6.45) is 5.91. The molecule has 0 saturated carbocycles. The molecule has 1 atom stereocenters. The van der Waals surface area contributed by atoms with Crippen LogP contribution in [0.4, 0.5) is 0 Å². The van der Waals surface area contributed by atoms with E-state index >= 15 is 0 Å². The van der Waals surface area contributed by atoms with E-state index in [0.29, 0.717) is 25.3 Å². The quantitative estimate of drug-likeness (QED) is 0.813. The number of nitrogens with zero attached hydrogens (tertiary/aromatic N) is 2. The molecule has 4 heterocycles. The van der Waals surface area contributed by atoms with Gasteiger partial charge in [0, 0.05) is 43.6 Å². The number of amides is 2. The third kappa shape index (κ3) is 3.10. The molecule has 25 heavy (non-hydrogen) atoms. The van der Waals surface area contributed by atoms with Crippen molar-refractivity contribution in [2.75, 3.05) is 32.8 Å². The number of piperidine rings is 1. The van der Waals surface area contributed by atoms with Crippen LogP contribution in [-0.2, 0) is 9.53 Å².